The minimum Gasteiger partial charge on any atom is -0.481 e. The molecule has 2 fully saturated rings. The Labute approximate surface area is 137 Å². The molecular formula is C19H25NO3. The van der Waals surface area contributed by atoms with Gasteiger partial charge in [0.15, 0.2) is 0 Å². The molecule has 1 atom stereocenters. The topological polar surface area (TPSA) is 57.6 Å². The van der Waals surface area contributed by atoms with Gasteiger partial charge in [-0.1, -0.05) is 30.3 Å². The van der Waals surface area contributed by atoms with Crippen LogP contribution in [0, 0.1) is 11.3 Å². The van der Waals surface area contributed by atoms with E-state index >= 15 is 0 Å². The molecule has 1 saturated heterocycles. The molecule has 4 nitrogen and oxygen atoms in total. The molecule has 1 aliphatic heterocycles. The van der Waals surface area contributed by atoms with Crippen molar-refractivity contribution in [2.24, 2.45) is 11.3 Å². The highest BCUT2D eigenvalue weighted by Gasteiger charge is 2.43. The molecule has 0 bridgehead atoms. The predicted molar refractivity (Wildman–Crippen MR) is 88.1 cm³/mol. The Kier molecular flexibility index (Phi) is 4.42. The van der Waals surface area contributed by atoms with E-state index in [0.29, 0.717) is 25.4 Å². The van der Waals surface area contributed by atoms with Crippen LogP contribution in [0.2, 0.25) is 0 Å². The third-order valence-electron chi connectivity index (χ3n) is 5.65. The average molecular weight is 315 g/mol. The molecule has 1 aromatic rings. The van der Waals surface area contributed by atoms with Gasteiger partial charge >= 0.3 is 5.97 Å². The summed E-state index contributed by atoms with van der Waals surface area (Å²) in [5.41, 5.74) is 0.606. The lowest BCUT2D eigenvalue weighted by molar-refractivity contribution is -0.147. The fourth-order valence-corrected chi connectivity index (χ4v) is 3.98. The number of likely N-dealkylation sites (tertiary alicyclic amines) is 1. The molecule has 1 N–H and O–H groups in total. The molecule has 1 heterocycles. The number of rotatable bonds is 3. The zero-order chi connectivity index (χ0) is 16.4. The summed E-state index contributed by atoms with van der Waals surface area (Å²) in [5, 5.41) is 9.31. The number of hydrogen-bond donors (Lipinski definition) is 1. The first kappa shape index (κ1) is 16.0. The maximum absolute atomic E-state index is 12.7. The Morgan fingerprint density at radius 2 is 1.78 bits per heavy atom. The Morgan fingerprint density at radius 1 is 1.13 bits per heavy atom. The van der Waals surface area contributed by atoms with Crippen molar-refractivity contribution in [3.63, 3.8) is 0 Å². The zero-order valence-electron chi connectivity index (χ0n) is 13.7. The lowest BCUT2D eigenvalue weighted by Gasteiger charge is -2.31. The first-order chi connectivity index (χ1) is 11.0. The smallest absolute Gasteiger partial charge is 0.311 e. The average Bonchev–Trinajstić information content (AvgIpc) is 2.99. The van der Waals surface area contributed by atoms with Crippen LogP contribution in [0.1, 0.15) is 50.5 Å². The molecule has 124 valence electrons. The van der Waals surface area contributed by atoms with E-state index in [1.807, 2.05) is 6.07 Å². The SMILES string of the molecule is C[C@@]1(C(=O)O)CCN(C(=O)C2CCC(c3ccccc3)CC2)C1. The second-order valence-electron chi connectivity index (χ2n) is 7.33. The second-order valence-corrected chi connectivity index (χ2v) is 7.33. The van der Waals surface area contributed by atoms with E-state index in [0.717, 1.165) is 25.7 Å². The van der Waals surface area contributed by atoms with Gasteiger partial charge in [-0.3, -0.25) is 9.59 Å². The molecule has 1 aliphatic carbocycles. The van der Waals surface area contributed by atoms with Crippen molar-refractivity contribution in [2.45, 2.75) is 44.9 Å². The van der Waals surface area contributed by atoms with Gasteiger partial charge in [0.2, 0.25) is 5.91 Å². The van der Waals surface area contributed by atoms with Crippen LogP contribution >= 0.6 is 0 Å². The summed E-state index contributed by atoms with van der Waals surface area (Å²) in [7, 11) is 0. The normalized spacial score (nSPS) is 31.1. The molecule has 2 aliphatic rings. The quantitative estimate of drug-likeness (QED) is 0.931. The number of aliphatic carboxylic acids is 1. The first-order valence-corrected chi connectivity index (χ1v) is 8.57. The highest BCUT2D eigenvalue weighted by Crippen LogP contribution is 2.38. The fraction of sp³-hybridized carbons (Fsp3) is 0.579. The third kappa shape index (κ3) is 3.26. The van der Waals surface area contributed by atoms with Gasteiger partial charge in [0.1, 0.15) is 0 Å². The standard InChI is InChI=1S/C19H25NO3/c1-19(18(22)23)11-12-20(13-19)17(21)16-9-7-15(8-10-16)14-5-3-2-4-6-14/h2-6,15-16H,7-13H2,1H3,(H,22,23)/t15?,16?,19-/m1/s1. The Bertz CT molecular complexity index is 578. The van der Waals surface area contributed by atoms with E-state index in [1.165, 1.54) is 5.56 Å². The number of carbonyl (C=O) groups is 2. The van der Waals surface area contributed by atoms with Crippen LogP contribution in [-0.2, 0) is 9.59 Å². The van der Waals surface area contributed by atoms with Crippen molar-refractivity contribution in [2.75, 3.05) is 13.1 Å². The monoisotopic (exact) mass is 315 g/mol. The number of carboxylic acids is 1. The van der Waals surface area contributed by atoms with Gasteiger partial charge in [-0.05, 0) is 50.5 Å². The van der Waals surface area contributed by atoms with Crippen molar-refractivity contribution in [3.8, 4) is 0 Å². The summed E-state index contributed by atoms with van der Waals surface area (Å²) in [6.45, 7) is 2.69. The van der Waals surface area contributed by atoms with Crippen molar-refractivity contribution in [1.82, 2.24) is 4.90 Å². The molecule has 1 saturated carbocycles. The van der Waals surface area contributed by atoms with Gasteiger partial charge in [-0.25, -0.2) is 0 Å². The fourth-order valence-electron chi connectivity index (χ4n) is 3.98. The second kappa shape index (κ2) is 6.34. The number of carboxylic acid groups (broad SMARTS) is 1. The van der Waals surface area contributed by atoms with Gasteiger partial charge in [-0.15, -0.1) is 0 Å². The number of carbonyl (C=O) groups excluding carboxylic acids is 1. The van der Waals surface area contributed by atoms with Crippen LogP contribution in [0.25, 0.3) is 0 Å². The molecule has 3 rings (SSSR count). The molecule has 0 radical (unpaired) electrons. The molecule has 0 spiro atoms. The summed E-state index contributed by atoms with van der Waals surface area (Å²) in [6.07, 6.45) is 4.49. The van der Waals surface area contributed by atoms with E-state index in [1.54, 1.807) is 11.8 Å². The lowest BCUT2D eigenvalue weighted by Crippen LogP contribution is -2.39. The Morgan fingerprint density at radius 3 is 2.35 bits per heavy atom. The maximum atomic E-state index is 12.7. The summed E-state index contributed by atoms with van der Waals surface area (Å²) in [6, 6.07) is 10.5. The first-order valence-electron chi connectivity index (χ1n) is 8.57. The lowest BCUT2D eigenvalue weighted by atomic mass is 9.78. The number of nitrogens with zero attached hydrogens (tertiary/aromatic N) is 1. The minimum absolute atomic E-state index is 0.0751. The van der Waals surface area contributed by atoms with Gasteiger partial charge in [-0.2, -0.15) is 0 Å². The maximum Gasteiger partial charge on any atom is 0.311 e. The Hall–Kier alpha value is -1.84. The van der Waals surface area contributed by atoms with Crippen LogP contribution in [0.5, 0.6) is 0 Å². The van der Waals surface area contributed by atoms with Crippen LogP contribution in [0.15, 0.2) is 30.3 Å². The van der Waals surface area contributed by atoms with Gasteiger partial charge in [0.05, 0.1) is 5.41 Å². The van der Waals surface area contributed by atoms with Gasteiger partial charge in [0, 0.05) is 19.0 Å². The number of hydrogen-bond acceptors (Lipinski definition) is 2. The molecular weight excluding hydrogens is 290 g/mol. The minimum atomic E-state index is -0.791. The van der Waals surface area contributed by atoms with E-state index in [-0.39, 0.29) is 11.8 Å². The molecule has 4 heteroatoms. The number of benzene rings is 1. The van der Waals surface area contributed by atoms with Crippen molar-refractivity contribution in [3.05, 3.63) is 35.9 Å². The van der Waals surface area contributed by atoms with Gasteiger partial charge < -0.3 is 10.0 Å². The summed E-state index contributed by atoms with van der Waals surface area (Å²) >= 11 is 0. The van der Waals surface area contributed by atoms with Gasteiger partial charge in [0.25, 0.3) is 0 Å². The predicted octanol–water partition coefficient (Wildman–Crippen LogP) is 3.28. The molecule has 23 heavy (non-hydrogen) atoms. The van der Waals surface area contributed by atoms with E-state index in [2.05, 4.69) is 24.3 Å². The highest BCUT2D eigenvalue weighted by atomic mass is 16.4. The molecule has 1 aromatic carbocycles. The van der Waals surface area contributed by atoms with Crippen LogP contribution in [-0.4, -0.2) is 35.0 Å². The van der Waals surface area contributed by atoms with Crippen LogP contribution in [0.4, 0.5) is 0 Å². The molecule has 0 aromatic heterocycles. The van der Waals surface area contributed by atoms with Crippen LogP contribution < -0.4 is 0 Å². The number of amides is 1. The summed E-state index contributed by atoms with van der Waals surface area (Å²) in [4.78, 5) is 25.8. The molecule has 0 unspecified atom stereocenters. The van der Waals surface area contributed by atoms with Crippen molar-refractivity contribution < 1.29 is 14.7 Å². The summed E-state index contributed by atoms with van der Waals surface area (Å²) < 4.78 is 0. The van der Waals surface area contributed by atoms with Crippen molar-refractivity contribution >= 4 is 11.9 Å². The van der Waals surface area contributed by atoms with E-state index < -0.39 is 11.4 Å². The molecule has 1 amide bonds. The van der Waals surface area contributed by atoms with Crippen molar-refractivity contribution in [1.29, 1.82) is 0 Å². The highest BCUT2D eigenvalue weighted by molar-refractivity contribution is 5.82. The largest absolute Gasteiger partial charge is 0.481 e. The van der Waals surface area contributed by atoms with E-state index in [4.69, 9.17) is 0 Å². The zero-order valence-corrected chi connectivity index (χ0v) is 13.7. The summed E-state index contributed by atoms with van der Waals surface area (Å²) in [5.74, 6) is 0.0105. The third-order valence-corrected chi connectivity index (χ3v) is 5.65. The Balaban J connectivity index is 1.56. The van der Waals surface area contributed by atoms with Crippen LogP contribution in [0.3, 0.4) is 0 Å². The van der Waals surface area contributed by atoms with E-state index in [9.17, 15) is 14.7 Å².